The third kappa shape index (κ3) is 2.88. The summed E-state index contributed by atoms with van der Waals surface area (Å²) in [5.41, 5.74) is 2.29. The first kappa shape index (κ1) is 13.0. The van der Waals surface area contributed by atoms with Crippen LogP contribution in [0.2, 0.25) is 0 Å². The number of benzene rings is 1. The summed E-state index contributed by atoms with van der Waals surface area (Å²) in [7, 11) is 0. The summed E-state index contributed by atoms with van der Waals surface area (Å²) < 4.78 is 1.68. The van der Waals surface area contributed by atoms with Crippen LogP contribution in [0.4, 0.5) is 0 Å². The van der Waals surface area contributed by atoms with Gasteiger partial charge in [-0.25, -0.2) is 0 Å². The Hall–Kier alpha value is -1.42. The van der Waals surface area contributed by atoms with Crippen LogP contribution in [0, 0.1) is 0 Å². The molecule has 1 aromatic carbocycles. The summed E-state index contributed by atoms with van der Waals surface area (Å²) in [5, 5.41) is 11.4. The van der Waals surface area contributed by atoms with E-state index in [-0.39, 0.29) is 5.38 Å². The van der Waals surface area contributed by atoms with Gasteiger partial charge in [0.05, 0.1) is 11.1 Å². The molecular weight excluding hydrogens is 248 g/mol. The lowest BCUT2D eigenvalue weighted by atomic mass is 10.1. The molecule has 1 unspecified atom stereocenters. The molecule has 0 saturated carbocycles. The number of alkyl halides is 1. The van der Waals surface area contributed by atoms with Crippen molar-refractivity contribution in [1.29, 1.82) is 0 Å². The first-order valence-electron chi connectivity index (χ1n) is 6.24. The molecule has 2 rings (SSSR count). The lowest BCUT2D eigenvalue weighted by molar-refractivity contribution is 0.758. The van der Waals surface area contributed by atoms with Gasteiger partial charge in [0.2, 0.25) is 0 Å². The van der Waals surface area contributed by atoms with Crippen LogP contribution < -0.4 is 0 Å². The highest BCUT2D eigenvalue weighted by Gasteiger charge is 2.12. The highest BCUT2D eigenvalue weighted by atomic mass is 35.5. The summed E-state index contributed by atoms with van der Waals surface area (Å²) >= 11 is 6.04. The van der Waals surface area contributed by atoms with Crippen LogP contribution in [0.5, 0.6) is 0 Å². The van der Waals surface area contributed by atoms with Crippen molar-refractivity contribution in [2.45, 2.75) is 38.5 Å². The Balaban J connectivity index is 2.21. The molecule has 0 aliphatic carbocycles. The second-order valence-electron chi connectivity index (χ2n) is 4.33. The normalized spacial score (nSPS) is 12.6. The van der Waals surface area contributed by atoms with Gasteiger partial charge in [0, 0.05) is 0 Å². The highest BCUT2D eigenvalue weighted by Crippen LogP contribution is 2.19. The van der Waals surface area contributed by atoms with E-state index in [4.69, 9.17) is 11.6 Å². The topological polar surface area (TPSA) is 43.6 Å². The molecule has 2 aromatic rings. The van der Waals surface area contributed by atoms with Gasteiger partial charge < -0.3 is 0 Å². The molecule has 1 atom stereocenters. The van der Waals surface area contributed by atoms with Crippen LogP contribution in [0.15, 0.2) is 24.3 Å². The first-order valence-corrected chi connectivity index (χ1v) is 6.67. The predicted molar refractivity (Wildman–Crippen MR) is 72.0 cm³/mol. The van der Waals surface area contributed by atoms with Gasteiger partial charge in [0.15, 0.2) is 5.82 Å². The first-order chi connectivity index (χ1) is 8.72. The molecule has 96 valence electrons. The molecule has 0 aliphatic rings. The zero-order valence-electron chi connectivity index (χ0n) is 10.7. The smallest absolute Gasteiger partial charge is 0.174 e. The molecule has 18 heavy (non-hydrogen) atoms. The van der Waals surface area contributed by atoms with Gasteiger partial charge in [0.25, 0.3) is 0 Å². The van der Waals surface area contributed by atoms with Crippen molar-refractivity contribution in [3.8, 4) is 5.69 Å². The Kier molecular flexibility index (Phi) is 4.31. The van der Waals surface area contributed by atoms with E-state index in [1.54, 1.807) is 4.68 Å². The maximum absolute atomic E-state index is 6.04. The summed E-state index contributed by atoms with van der Waals surface area (Å²) in [4.78, 5) is 0. The molecule has 0 aliphatic heterocycles. The number of halogens is 1. The van der Waals surface area contributed by atoms with Crippen molar-refractivity contribution in [2.75, 3.05) is 0 Å². The molecule has 0 radical (unpaired) electrons. The van der Waals surface area contributed by atoms with E-state index >= 15 is 0 Å². The van der Waals surface area contributed by atoms with E-state index in [0.29, 0.717) is 5.82 Å². The fraction of sp³-hybridized carbons (Fsp3) is 0.462. The Labute approximate surface area is 112 Å². The maximum Gasteiger partial charge on any atom is 0.174 e. The monoisotopic (exact) mass is 264 g/mol. The van der Waals surface area contributed by atoms with Gasteiger partial charge in [-0.15, -0.1) is 16.7 Å². The molecule has 0 N–H and O–H groups in total. The zero-order chi connectivity index (χ0) is 13.0. The fourth-order valence-electron chi connectivity index (χ4n) is 1.81. The van der Waals surface area contributed by atoms with Crippen molar-refractivity contribution < 1.29 is 0 Å². The molecular formula is C13H17ClN4. The third-order valence-electron chi connectivity index (χ3n) is 2.85. The van der Waals surface area contributed by atoms with Gasteiger partial charge in [-0.1, -0.05) is 25.5 Å². The average molecular weight is 265 g/mol. The van der Waals surface area contributed by atoms with Crippen LogP contribution in [-0.2, 0) is 6.42 Å². The number of hydrogen-bond acceptors (Lipinski definition) is 3. The number of hydrogen-bond donors (Lipinski definition) is 0. The third-order valence-corrected chi connectivity index (χ3v) is 3.04. The van der Waals surface area contributed by atoms with Crippen molar-refractivity contribution in [1.82, 2.24) is 20.2 Å². The quantitative estimate of drug-likeness (QED) is 0.778. The number of aryl methyl sites for hydroxylation is 1. The average Bonchev–Trinajstić information content (AvgIpc) is 2.86. The van der Waals surface area contributed by atoms with Gasteiger partial charge in [-0.3, -0.25) is 0 Å². The van der Waals surface area contributed by atoms with Crippen molar-refractivity contribution in [2.24, 2.45) is 0 Å². The molecule has 0 bridgehead atoms. The van der Waals surface area contributed by atoms with E-state index in [2.05, 4.69) is 34.6 Å². The molecule has 0 spiro atoms. The van der Waals surface area contributed by atoms with Crippen LogP contribution in [0.1, 0.15) is 43.5 Å². The lowest BCUT2D eigenvalue weighted by Crippen LogP contribution is -2.03. The van der Waals surface area contributed by atoms with Crippen molar-refractivity contribution >= 4 is 11.6 Å². The number of nitrogens with zero attached hydrogens (tertiary/aromatic N) is 4. The molecule has 4 nitrogen and oxygen atoms in total. The summed E-state index contributed by atoms with van der Waals surface area (Å²) in [6.45, 7) is 4.06. The zero-order valence-corrected chi connectivity index (χ0v) is 11.4. The predicted octanol–water partition coefficient (Wildman–Crippen LogP) is 3.30. The fourth-order valence-corrected chi connectivity index (χ4v) is 1.95. The van der Waals surface area contributed by atoms with Gasteiger partial charge in [-0.2, -0.15) is 4.68 Å². The van der Waals surface area contributed by atoms with Crippen LogP contribution in [-0.4, -0.2) is 20.2 Å². The molecule has 0 saturated heterocycles. The minimum Gasteiger partial charge on any atom is -0.196 e. The molecule has 0 fully saturated rings. The van der Waals surface area contributed by atoms with Gasteiger partial charge >= 0.3 is 0 Å². The van der Waals surface area contributed by atoms with Gasteiger partial charge in [-0.05, 0) is 47.9 Å². The standard InChI is InChI=1S/C13H17ClN4/c1-3-4-5-11-6-8-12(9-7-11)18-13(10(2)14)15-16-17-18/h6-10H,3-5H2,1-2H3. The lowest BCUT2D eigenvalue weighted by Gasteiger charge is -2.06. The summed E-state index contributed by atoms with van der Waals surface area (Å²) in [5.74, 6) is 0.665. The number of unbranched alkanes of at least 4 members (excludes halogenated alkanes) is 1. The summed E-state index contributed by atoms with van der Waals surface area (Å²) in [6.07, 6.45) is 3.54. The van der Waals surface area contributed by atoms with Crippen LogP contribution >= 0.6 is 11.6 Å². The Bertz CT molecular complexity index is 490. The number of tetrazole rings is 1. The number of rotatable bonds is 5. The van der Waals surface area contributed by atoms with E-state index < -0.39 is 0 Å². The molecule has 5 heteroatoms. The minimum atomic E-state index is -0.209. The Morgan fingerprint density at radius 3 is 2.61 bits per heavy atom. The van der Waals surface area contributed by atoms with Crippen molar-refractivity contribution in [3.05, 3.63) is 35.7 Å². The van der Waals surface area contributed by atoms with Crippen LogP contribution in [0.3, 0.4) is 0 Å². The second-order valence-corrected chi connectivity index (χ2v) is 4.99. The van der Waals surface area contributed by atoms with Gasteiger partial charge in [0.1, 0.15) is 0 Å². The molecule has 1 aromatic heterocycles. The SMILES string of the molecule is CCCCc1ccc(-n2nnnc2C(C)Cl)cc1. The second kappa shape index (κ2) is 5.96. The largest absolute Gasteiger partial charge is 0.196 e. The van der Waals surface area contributed by atoms with E-state index in [1.165, 1.54) is 18.4 Å². The number of aromatic nitrogens is 4. The van der Waals surface area contributed by atoms with E-state index in [9.17, 15) is 0 Å². The van der Waals surface area contributed by atoms with Crippen LogP contribution in [0.25, 0.3) is 5.69 Å². The Morgan fingerprint density at radius 1 is 1.28 bits per heavy atom. The summed E-state index contributed by atoms with van der Waals surface area (Å²) in [6, 6.07) is 8.30. The minimum absolute atomic E-state index is 0.209. The van der Waals surface area contributed by atoms with E-state index in [0.717, 1.165) is 12.1 Å². The molecule has 0 amide bonds. The maximum atomic E-state index is 6.04. The molecule has 1 heterocycles. The van der Waals surface area contributed by atoms with E-state index in [1.807, 2.05) is 19.1 Å². The van der Waals surface area contributed by atoms with Crippen molar-refractivity contribution in [3.63, 3.8) is 0 Å². The Morgan fingerprint density at radius 2 is 2.00 bits per heavy atom. The highest BCUT2D eigenvalue weighted by molar-refractivity contribution is 6.20.